The third kappa shape index (κ3) is 6.25. The molecule has 0 spiro atoms. The number of anilines is 1. The highest BCUT2D eigenvalue weighted by Gasteiger charge is 2.28. The number of nitrogens with zero attached hydrogens (tertiary/aromatic N) is 4. The smallest absolute Gasteiger partial charge is 0.243 e. The van der Waals surface area contributed by atoms with Crippen LogP contribution in [0.3, 0.4) is 0 Å². The van der Waals surface area contributed by atoms with Crippen molar-refractivity contribution in [1.29, 1.82) is 5.26 Å². The molecule has 2 aliphatic rings. The first-order valence-electron chi connectivity index (χ1n) is 11.8. The molecule has 4 rings (SSSR count). The molecule has 2 aromatic rings. The van der Waals surface area contributed by atoms with Crippen LogP contribution in [-0.2, 0) is 26.1 Å². The first-order valence-corrected chi connectivity index (χ1v) is 13.2. The fourth-order valence-electron chi connectivity index (χ4n) is 4.33. The van der Waals surface area contributed by atoms with Crippen LogP contribution in [0.4, 0.5) is 5.69 Å². The number of hydrogen-bond donors (Lipinski definition) is 1. The zero-order chi connectivity index (χ0) is 24.8. The van der Waals surface area contributed by atoms with E-state index < -0.39 is 10.0 Å². The lowest BCUT2D eigenvalue weighted by Gasteiger charge is -2.37. The highest BCUT2D eigenvalue weighted by Crippen LogP contribution is 2.21. The zero-order valence-electron chi connectivity index (χ0n) is 19.9. The maximum Gasteiger partial charge on any atom is 0.243 e. The van der Waals surface area contributed by atoms with E-state index in [2.05, 4.69) is 21.2 Å². The van der Waals surface area contributed by atoms with Crippen molar-refractivity contribution in [2.75, 3.05) is 57.8 Å². The van der Waals surface area contributed by atoms with Crippen molar-refractivity contribution in [3.63, 3.8) is 0 Å². The minimum absolute atomic E-state index is 0.161. The second kappa shape index (κ2) is 11.3. The standard InChI is InChI=1S/C25H31N5O4S/c1-20(29-11-9-28(10-12-29)19-22-7-5-21(18-26)6-8-22)25(31)27-23-3-2-4-24(17-23)35(32,33)30-13-15-34-16-14-30/h2-8,17,20H,9-16,19H2,1H3,(H,27,31). The lowest BCUT2D eigenvalue weighted by atomic mass is 10.1. The van der Waals surface area contributed by atoms with Gasteiger partial charge in [-0.3, -0.25) is 14.6 Å². The van der Waals surface area contributed by atoms with E-state index in [4.69, 9.17) is 10.00 Å². The summed E-state index contributed by atoms with van der Waals surface area (Å²) in [6.07, 6.45) is 0. The van der Waals surface area contributed by atoms with Gasteiger partial charge in [-0.15, -0.1) is 0 Å². The van der Waals surface area contributed by atoms with Crippen molar-refractivity contribution in [1.82, 2.24) is 14.1 Å². The van der Waals surface area contributed by atoms with Crippen LogP contribution >= 0.6 is 0 Å². The number of nitriles is 1. The number of benzene rings is 2. The molecule has 1 atom stereocenters. The van der Waals surface area contributed by atoms with Gasteiger partial charge < -0.3 is 10.1 Å². The van der Waals surface area contributed by atoms with Crippen molar-refractivity contribution in [3.05, 3.63) is 59.7 Å². The number of piperazine rings is 1. The third-order valence-electron chi connectivity index (χ3n) is 6.53. The summed E-state index contributed by atoms with van der Waals surface area (Å²) in [6, 6.07) is 15.8. The average Bonchev–Trinajstić information content (AvgIpc) is 2.90. The summed E-state index contributed by atoms with van der Waals surface area (Å²) in [5.74, 6) is -0.161. The second-order valence-electron chi connectivity index (χ2n) is 8.83. The lowest BCUT2D eigenvalue weighted by molar-refractivity contribution is -0.121. The van der Waals surface area contributed by atoms with E-state index in [0.717, 1.165) is 38.3 Å². The summed E-state index contributed by atoms with van der Waals surface area (Å²) in [7, 11) is -3.63. The number of nitrogens with one attached hydrogen (secondary N) is 1. The molecule has 1 N–H and O–H groups in total. The molecule has 0 radical (unpaired) electrons. The van der Waals surface area contributed by atoms with Gasteiger partial charge in [0.15, 0.2) is 0 Å². The molecule has 1 unspecified atom stereocenters. The van der Waals surface area contributed by atoms with Gasteiger partial charge in [0.1, 0.15) is 0 Å². The second-order valence-corrected chi connectivity index (χ2v) is 10.8. The molecular formula is C25H31N5O4S. The minimum Gasteiger partial charge on any atom is -0.379 e. The highest BCUT2D eigenvalue weighted by molar-refractivity contribution is 7.89. The normalized spacial score (nSPS) is 19.1. The Morgan fingerprint density at radius 1 is 1.06 bits per heavy atom. The number of sulfonamides is 1. The van der Waals surface area contributed by atoms with E-state index in [9.17, 15) is 13.2 Å². The Bertz CT molecular complexity index is 1170. The SMILES string of the molecule is CC(C(=O)Nc1cccc(S(=O)(=O)N2CCOCC2)c1)N1CCN(Cc2ccc(C#N)cc2)CC1. The molecule has 1 amide bonds. The van der Waals surface area contributed by atoms with E-state index in [1.54, 1.807) is 18.2 Å². The Kier molecular flexibility index (Phi) is 8.15. The quantitative estimate of drug-likeness (QED) is 0.621. The maximum atomic E-state index is 12.9. The summed E-state index contributed by atoms with van der Waals surface area (Å²) in [4.78, 5) is 17.6. The van der Waals surface area contributed by atoms with Gasteiger partial charge in [0.2, 0.25) is 15.9 Å². The Balaban J connectivity index is 1.31. The van der Waals surface area contributed by atoms with Gasteiger partial charge >= 0.3 is 0 Å². The van der Waals surface area contributed by atoms with Crippen molar-refractivity contribution in [3.8, 4) is 6.07 Å². The van der Waals surface area contributed by atoms with E-state index in [1.807, 2.05) is 31.2 Å². The molecule has 2 fully saturated rings. The van der Waals surface area contributed by atoms with Crippen molar-refractivity contribution in [2.45, 2.75) is 24.4 Å². The third-order valence-corrected chi connectivity index (χ3v) is 8.43. The van der Waals surface area contributed by atoms with Crippen LogP contribution in [0, 0.1) is 11.3 Å². The van der Waals surface area contributed by atoms with Crippen LogP contribution < -0.4 is 5.32 Å². The number of carbonyl (C=O) groups is 1. The van der Waals surface area contributed by atoms with Gasteiger partial charge in [0.25, 0.3) is 0 Å². The minimum atomic E-state index is -3.63. The van der Waals surface area contributed by atoms with E-state index in [-0.39, 0.29) is 16.8 Å². The molecule has 2 saturated heterocycles. The molecule has 35 heavy (non-hydrogen) atoms. The molecule has 2 heterocycles. The fourth-order valence-corrected chi connectivity index (χ4v) is 5.79. The van der Waals surface area contributed by atoms with Crippen LogP contribution in [0.1, 0.15) is 18.1 Å². The Hall–Kier alpha value is -2.81. The predicted molar refractivity (Wildman–Crippen MR) is 132 cm³/mol. The van der Waals surface area contributed by atoms with Crippen LogP contribution in [0.5, 0.6) is 0 Å². The molecule has 2 aliphatic heterocycles. The number of rotatable bonds is 7. The molecule has 0 saturated carbocycles. The van der Waals surface area contributed by atoms with Crippen molar-refractivity contribution in [2.24, 2.45) is 0 Å². The molecule has 0 aliphatic carbocycles. The summed E-state index contributed by atoms with van der Waals surface area (Å²) in [5, 5.41) is 11.8. The molecule has 9 nitrogen and oxygen atoms in total. The number of carbonyl (C=O) groups excluding carboxylic acids is 1. The average molecular weight is 498 g/mol. The lowest BCUT2D eigenvalue weighted by Crippen LogP contribution is -2.52. The van der Waals surface area contributed by atoms with Crippen LogP contribution in [-0.4, -0.2) is 87.0 Å². The maximum absolute atomic E-state index is 12.9. The van der Waals surface area contributed by atoms with Crippen LogP contribution in [0.2, 0.25) is 0 Å². The zero-order valence-corrected chi connectivity index (χ0v) is 20.7. The fraction of sp³-hybridized carbons (Fsp3) is 0.440. The number of ether oxygens (including phenoxy) is 1. The Morgan fingerprint density at radius 3 is 2.40 bits per heavy atom. The topological polar surface area (TPSA) is 106 Å². The monoisotopic (exact) mass is 497 g/mol. The van der Waals surface area contributed by atoms with Crippen LogP contribution in [0.15, 0.2) is 53.4 Å². The van der Waals surface area contributed by atoms with Crippen molar-refractivity contribution >= 4 is 21.6 Å². The highest BCUT2D eigenvalue weighted by atomic mass is 32.2. The van der Waals surface area contributed by atoms with E-state index in [1.165, 1.54) is 10.4 Å². The number of amides is 1. The molecule has 0 aromatic heterocycles. The number of morpholine rings is 1. The van der Waals surface area contributed by atoms with Gasteiger partial charge in [-0.05, 0) is 42.8 Å². The first kappa shape index (κ1) is 25.3. The van der Waals surface area contributed by atoms with Crippen LogP contribution in [0.25, 0.3) is 0 Å². The van der Waals surface area contributed by atoms with Gasteiger partial charge in [-0.25, -0.2) is 8.42 Å². The summed E-state index contributed by atoms with van der Waals surface area (Å²) in [6.45, 7) is 7.30. The van der Waals surface area contributed by atoms with Gasteiger partial charge in [-0.2, -0.15) is 9.57 Å². The molecule has 0 bridgehead atoms. The van der Waals surface area contributed by atoms with E-state index >= 15 is 0 Å². The molecule has 186 valence electrons. The van der Waals surface area contributed by atoms with Gasteiger partial charge in [0, 0.05) is 51.5 Å². The van der Waals surface area contributed by atoms with Gasteiger partial charge in [-0.1, -0.05) is 18.2 Å². The first-order chi connectivity index (χ1) is 16.9. The number of hydrogen-bond acceptors (Lipinski definition) is 7. The van der Waals surface area contributed by atoms with E-state index in [0.29, 0.717) is 37.6 Å². The summed E-state index contributed by atoms with van der Waals surface area (Å²) >= 11 is 0. The molecule has 10 heteroatoms. The summed E-state index contributed by atoms with van der Waals surface area (Å²) < 4.78 is 32.5. The Labute approximate surface area is 206 Å². The Morgan fingerprint density at radius 2 is 1.74 bits per heavy atom. The molecule has 2 aromatic carbocycles. The largest absolute Gasteiger partial charge is 0.379 e. The summed E-state index contributed by atoms with van der Waals surface area (Å²) in [5.41, 5.74) is 2.29. The van der Waals surface area contributed by atoms with Gasteiger partial charge in [0.05, 0.1) is 35.8 Å². The predicted octanol–water partition coefficient (Wildman–Crippen LogP) is 1.72. The molecular weight excluding hydrogens is 466 g/mol. The van der Waals surface area contributed by atoms with Crippen molar-refractivity contribution < 1.29 is 17.9 Å².